The molecule has 3 unspecified atom stereocenters. The van der Waals surface area contributed by atoms with Crippen molar-refractivity contribution in [1.29, 1.82) is 5.26 Å². The Balaban J connectivity index is 1.19. The number of benzene rings is 2. The lowest BCUT2D eigenvalue weighted by molar-refractivity contribution is -0.143. The quantitative estimate of drug-likeness (QED) is 0.330. The number of fused-ring (bicyclic) bond motifs is 2. The molecule has 2 aromatic carbocycles. The van der Waals surface area contributed by atoms with Gasteiger partial charge in [-0.05, 0) is 87.3 Å². The summed E-state index contributed by atoms with van der Waals surface area (Å²) in [6.45, 7) is 3.47. The first-order valence-electron chi connectivity index (χ1n) is 14.9. The molecular formula is C33H36N4O5. The van der Waals surface area contributed by atoms with Crippen molar-refractivity contribution in [2.24, 2.45) is 5.92 Å². The van der Waals surface area contributed by atoms with E-state index in [9.17, 15) is 14.9 Å². The van der Waals surface area contributed by atoms with Crippen molar-refractivity contribution < 1.29 is 23.8 Å². The lowest BCUT2D eigenvalue weighted by atomic mass is 9.85. The first-order valence-corrected chi connectivity index (χ1v) is 14.9. The largest absolute Gasteiger partial charge is 0.493 e. The molecule has 42 heavy (non-hydrogen) atoms. The average molecular weight is 569 g/mol. The lowest BCUT2D eigenvalue weighted by Crippen LogP contribution is -2.27. The Bertz CT molecular complexity index is 1520. The summed E-state index contributed by atoms with van der Waals surface area (Å²) in [7, 11) is 0. The van der Waals surface area contributed by atoms with E-state index in [2.05, 4.69) is 22.6 Å². The van der Waals surface area contributed by atoms with Gasteiger partial charge in [-0.25, -0.2) is 4.68 Å². The molecule has 0 bridgehead atoms. The summed E-state index contributed by atoms with van der Waals surface area (Å²) in [5.74, 6) is 0.336. The highest BCUT2D eigenvalue weighted by Gasteiger charge is 2.61. The second-order valence-electron chi connectivity index (χ2n) is 11.4. The standard InChI is InChI=1S/C33H36N4O5/c1-2-40-31(38)8-5-6-23-10-9-22(19-34)16-28(23)36-32(39)27-18-33(27)13-15-41-29-12-11-24(17-26(29)33)25-20-35-37(21-25)30-7-3-4-14-42-30/h9-12,16-17,20-21,27,30H,2-8,13-15,18H2,1H3,(H,36,39). The Hall–Kier alpha value is -4.16. The van der Waals surface area contributed by atoms with Gasteiger partial charge in [-0.1, -0.05) is 12.1 Å². The van der Waals surface area contributed by atoms with Crippen LogP contribution in [0.5, 0.6) is 5.75 Å². The van der Waals surface area contributed by atoms with Gasteiger partial charge >= 0.3 is 5.97 Å². The number of amides is 1. The molecule has 1 aromatic heterocycles. The SMILES string of the molecule is CCOC(=O)CCCc1ccc(C#N)cc1NC(=O)C1CC12CCOc1ccc(-c3cnn(C4CCCCO4)c3)cc12. The topological polar surface area (TPSA) is 115 Å². The number of aryl methyl sites for hydroxylation is 1. The van der Waals surface area contributed by atoms with Crippen molar-refractivity contribution in [1.82, 2.24) is 9.78 Å². The maximum Gasteiger partial charge on any atom is 0.305 e. The fourth-order valence-electron chi connectivity index (χ4n) is 6.36. The molecule has 2 aliphatic heterocycles. The van der Waals surface area contributed by atoms with Crippen molar-refractivity contribution in [2.75, 3.05) is 25.1 Å². The van der Waals surface area contributed by atoms with Crippen molar-refractivity contribution in [3.05, 3.63) is 65.5 Å². The normalized spacial score (nSPS) is 22.5. The smallest absolute Gasteiger partial charge is 0.305 e. The molecule has 1 N–H and O–H groups in total. The molecule has 1 saturated carbocycles. The van der Waals surface area contributed by atoms with E-state index in [0.717, 1.165) is 66.7 Å². The van der Waals surface area contributed by atoms with Crippen LogP contribution < -0.4 is 10.1 Å². The Labute approximate surface area is 245 Å². The molecule has 1 saturated heterocycles. The number of hydrogen-bond acceptors (Lipinski definition) is 7. The number of carbonyl (C=O) groups is 2. The molecule has 3 aliphatic rings. The number of hydrogen-bond donors (Lipinski definition) is 1. The van der Waals surface area contributed by atoms with Gasteiger partial charge < -0.3 is 19.5 Å². The van der Waals surface area contributed by atoms with Gasteiger partial charge in [-0.2, -0.15) is 10.4 Å². The van der Waals surface area contributed by atoms with E-state index < -0.39 is 0 Å². The summed E-state index contributed by atoms with van der Waals surface area (Å²) in [5, 5.41) is 17.2. The van der Waals surface area contributed by atoms with Crippen LogP contribution in [0.1, 0.15) is 74.8 Å². The van der Waals surface area contributed by atoms with Crippen LogP contribution in [0, 0.1) is 17.2 Å². The van der Waals surface area contributed by atoms with Gasteiger partial charge in [0, 0.05) is 47.4 Å². The van der Waals surface area contributed by atoms with E-state index in [1.165, 1.54) is 0 Å². The highest BCUT2D eigenvalue weighted by atomic mass is 16.5. The number of nitriles is 1. The fraction of sp³-hybridized carbons (Fsp3) is 0.455. The highest BCUT2D eigenvalue weighted by Crippen LogP contribution is 2.61. The molecule has 0 radical (unpaired) electrons. The molecule has 9 heteroatoms. The van der Waals surface area contributed by atoms with E-state index in [1.807, 2.05) is 35.3 Å². The van der Waals surface area contributed by atoms with E-state index in [-0.39, 0.29) is 29.4 Å². The van der Waals surface area contributed by atoms with E-state index >= 15 is 0 Å². The average Bonchev–Trinajstić information content (AvgIpc) is 3.51. The third-order valence-corrected chi connectivity index (χ3v) is 8.73. The Morgan fingerprint density at radius 1 is 1.19 bits per heavy atom. The number of rotatable bonds is 9. The number of anilines is 1. The molecule has 1 spiro atoms. The van der Waals surface area contributed by atoms with E-state index in [4.69, 9.17) is 14.2 Å². The number of ether oxygens (including phenoxy) is 3. The van der Waals surface area contributed by atoms with Crippen LogP contribution in [0.15, 0.2) is 48.8 Å². The Morgan fingerprint density at radius 3 is 2.90 bits per heavy atom. The zero-order chi connectivity index (χ0) is 29.1. The molecule has 3 heterocycles. The number of nitrogens with one attached hydrogen (secondary N) is 1. The number of aromatic nitrogens is 2. The first-order chi connectivity index (χ1) is 20.5. The van der Waals surface area contributed by atoms with Crippen LogP contribution in [0.25, 0.3) is 11.1 Å². The molecule has 3 aromatic rings. The monoisotopic (exact) mass is 568 g/mol. The summed E-state index contributed by atoms with van der Waals surface area (Å²) in [4.78, 5) is 25.5. The molecule has 2 fully saturated rings. The Morgan fingerprint density at radius 2 is 2.10 bits per heavy atom. The summed E-state index contributed by atoms with van der Waals surface area (Å²) < 4.78 is 18.9. The van der Waals surface area contributed by atoms with Crippen molar-refractivity contribution >= 4 is 17.6 Å². The molecule has 6 rings (SSSR count). The maximum absolute atomic E-state index is 13.7. The molecule has 218 valence electrons. The first kappa shape index (κ1) is 28.0. The van der Waals surface area contributed by atoms with Gasteiger partial charge in [0.1, 0.15) is 12.0 Å². The zero-order valence-electron chi connectivity index (χ0n) is 23.9. The predicted octanol–water partition coefficient (Wildman–Crippen LogP) is 5.69. The van der Waals surface area contributed by atoms with Crippen LogP contribution in [-0.2, 0) is 30.9 Å². The molecule has 1 amide bonds. The third kappa shape index (κ3) is 5.64. The van der Waals surface area contributed by atoms with Crippen molar-refractivity contribution in [3.8, 4) is 22.9 Å². The van der Waals surface area contributed by atoms with E-state index in [0.29, 0.717) is 43.7 Å². The second-order valence-corrected chi connectivity index (χ2v) is 11.4. The predicted molar refractivity (Wildman–Crippen MR) is 156 cm³/mol. The van der Waals surface area contributed by atoms with Gasteiger partial charge in [0.2, 0.25) is 5.91 Å². The van der Waals surface area contributed by atoms with Gasteiger partial charge in [0.15, 0.2) is 0 Å². The minimum atomic E-state index is -0.285. The summed E-state index contributed by atoms with van der Waals surface area (Å²) in [6, 6.07) is 13.7. The maximum atomic E-state index is 13.7. The van der Waals surface area contributed by atoms with Crippen LogP contribution in [0.4, 0.5) is 5.69 Å². The molecule has 3 atom stereocenters. The Kier molecular flexibility index (Phi) is 7.98. The third-order valence-electron chi connectivity index (χ3n) is 8.73. The highest BCUT2D eigenvalue weighted by molar-refractivity contribution is 5.97. The number of esters is 1. The van der Waals surface area contributed by atoms with Gasteiger partial charge in [-0.3, -0.25) is 9.59 Å². The summed E-state index contributed by atoms with van der Waals surface area (Å²) in [6.07, 6.45) is 10.1. The second kappa shape index (κ2) is 12.0. The van der Waals surface area contributed by atoms with Crippen LogP contribution in [0.2, 0.25) is 0 Å². The molecule has 9 nitrogen and oxygen atoms in total. The van der Waals surface area contributed by atoms with Crippen LogP contribution >= 0.6 is 0 Å². The fourth-order valence-corrected chi connectivity index (χ4v) is 6.36. The lowest BCUT2D eigenvalue weighted by Gasteiger charge is -2.27. The van der Waals surface area contributed by atoms with Gasteiger partial charge in [0.25, 0.3) is 0 Å². The van der Waals surface area contributed by atoms with E-state index in [1.54, 1.807) is 19.1 Å². The van der Waals surface area contributed by atoms with Crippen LogP contribution in [-0.4, -0.2) is 41.5 Å². The summed E-state index contributed by atoms with van der Waals surface area (Å²) in [5.41, 5.74) is 4.83. The minimum Gasteiger partial charge on any atom is -0.493 e. The van der Waals surface area contributed by atoms with Crippen molar-refractivity contribution in [3.63, 3.8) is 0 Å². The minimum absolute atomic E-state index is 0.0223. The number of carbonyl (C=O) groups excluding carboxylic acids is 2. The van der Waals surface area contributed by atoms with Crippen molar-refractivity contribution in [2.45, 2.75) is 69.9 Å². The summed E-state index contributed by atoms with van der Waals surface area (Å²) >= 11 is 0. The molecule has 1 aliphatic carbocycles. The van der Waals surface area contributed by atoms with Gasteiger partial charge in [0.05, 0.1) is 31.0 Å². The van der Waals surface area contributed by atoms with Crippen LogP contribution in [0.3, 0.4) is 0 Å². The van der Waals surface area contributed by atoms with Gasteiger partial charge in [-0.15, -0.1) is 0 Å². The zero-order valence-corrected chi connectivity index (χ0v) is 23.9. The number of nitrogens with zero attached hydrogens (tertiary/aromatic N) is 3. The molecular weight excluding hydrogens is 532 g/mol.